The van der Waals surface area contributed by atoms with Gasteiger partial charge in [-0.25, -0.2) is 0 Å². The molecule has 1 atom stereocenters. The molecule has 1 heterocycles. The smallest absolute Gasteiger partial charge is 0.162 e. The van der Waals surface area contributed by atoms with E-state index in [0.29, 0.717) is 6.61 Å². The third kappa shape index (κ3) is 3.67. The van der Waals surface area contributed by atoms with Crippen LogP contribution >= 0.6 is 0 Å². The summed E-state index contributed by atoms with van der Waals surface area (Å²) in [7, 11) is 2.16. The average molecular weight is 311 g/mol. The minimum Gasteiger partial charge on any atom is -0.485 e. The molecule has 3 rings (SSSR count). The van der Waals surface area contributed by atoms with E-state index < -0.39 is 0 Å². The number of benzene rings is 2. The quantitative estimate of drug-likeness (QED) is 0.837. The van der Waals surface area contributed by atoms with E-state index in [-0.39, 0.29) is 11.6 Å². The summed E-state index contributed by atoms with van der Waals surface area (Å²) in [6.07, 6.45) is -0.0423. The lowest BCUT2D eigenvalue weighted by atomic mass is 10.0. The van der Waals surface area contributed by atoms with Crippen LogP contribution in [0.1, 0.15) is 38.0 Å². The lowest BCUT2D eigenvalue weighted by Crippen LogP contribution is -2.37. The van der Waals surface area contributed by atoms with Crippen molar-refractivity contribution in [1.82, 2.24) is 4.90 Å². The molecule has 2 aromatic carbocycles. The van der Waals surface area contributed by atoms with Gasteiger partial charge >= 0.3 is 0 Å². The van der Waals surface area contributed by atoms with Crippen LogP contribution in [0.5, 0.6) is 11.5 Å². The van der Waals surface area contributed by atoms with E-state index in [0.717, 1.165) is 23.6 Å². The molecule has 1 aliphatic heterocycles. The van der Waals surface area contributed by atoms with Crippen molar-refractivity contribution in [3.05, 3.63) is 59.7 Å². The number of nitrogens with zero attached hydrogens (tertiary/aromatic N) is 1. The summed E-state index contributed by atoms with van der Waals surface area (Å²) < 4.78 is 11.9. The first kappa shape index (κ1) is 15.9. The summed E-state index contributed by atoms with van der Waals surface area (Å²) in [5.41, 5.74) is 2.63. The van der Waals surface area contributed by atoms with Gasteiger partial charge in [0.2, 0.25) is 0 Å². The number of para-hydroxylation sites is 2. The largest absolute Gasteiger partial charge is 0.485 e. The SMILES string of the molecule is CN(Cc1ccc(C2COc3ccccc3O2)cc1)C(C)(C)C. The summed E-state index contributed by atoms with van der Waals surface area (Å²) in [4.78, 5) is 2.35. The van der Waals surface area contributed by atoms with Gasteiger partial charge in [-0.3, -0.25) is 4.90 Å². The molecule has 0 saturated carbocycles. The first-order chi connectivity index (χ1) is 10.9. The predicted molar refractivity (Wildman–Crippen MR) is 93.0 cm³/mol. The molecular weight excluding hydrogens is 286 g/mol. The van der Waals surface area contributed by atoms with Gasteiger partial charge in [-0.05, 0) is 51.1 Å². The maximum absolute atomic E-state index is 6.06. The molecule has 2 aromatic rings. The Balaban J connectivity index is 1.69. The van der Waals surface area contributed by atoms with Crippen molar-refractivity contribution in [2.45, 2.75) is 39.0 Å². The van der Waals surface area contributed by atoms with Crippen LogP contribution in [-0.4, -0.2) is 24.1 Å². The van der Waals surface area contributed by atoms with Gasteiger partial charge in [-0.15, -0.1) is 0 Å². The van der Waals surface area contributed by atoms with Gasteiger partial charge in [-0.2, -0.15) is 0 Å². The van der Waals surface area contributed by atoms with Gasteiger partial charge in [0.25, 0.3) is 0 Å². The fourth-order valence-electron chi connectivity index (χ4n) is 2.53. The molecule has 0 aromatic heterocycles. The summed E-state index contributed by atoms with van der Waals surface area (Å²) in [5, 5.41) is 0. The zero-order valence-electron chi connectivity index (χ0n) is 14.4. The van der Waals surface area contributed by atoms with Crippen LogP contribution in [0.3, 0.4) is 0 Å². The summed E-state index contributed by atoms with van der Waals surface area (Å²) in [6.45, 7) is 8.18. The molecule has 0 N–H and O–H groups in total. The van der Waals surface area contributed by atoms with E-state index in [1.54, 1.807) is 0 Å². The molecule has 0 aliphatic carbocycles. The van der Waals surface area contributed by atoms with Crippen LogP contribution in [0.2, 0.25) is 0 Å². The van der Waals surface area contributed by atoms with Crippen molar-refractivity contribution in [1.29, 1.82) is 0 Å². The molecule has 1 unspecified atom stereocenters. The van der Waals surface area contributed by atoms with E-state index in [4.69, 9.17) is 9.47 Å². The highest BCUT2D eigenvalue weighted by Gasteiger charge is 2.22. The molecule has 0 bridgehead atoms. The van der Waals surface area contributed by atoms with Crippen molar-refractivity contribution in [2.75, 3.05) is 13.7 Å². The molecule has 0 radical (unpaired) electrons. The Morgan fingerprint density at radius 2 is 1.65 bits per heavy atom. The molecular formula is C20H25NO2. The number of fused-ring (bicyclic) bond motifs is 1. The fourth-order valence-corrected chi connectivity index (χ4v) is 2.53. The van der Waals surface area contributed by atoms with Crippen molar-refractivity contribution in [3.63, 3.8) is 0 Å². The van der Waals surface area contributed by atoms with Crippen LogP contribution in [0.25, 0.3) is 0 Å². The van der Waals surface area contributed by atoms with Gasteiger partial charge in [0.15, 0.2) is 17.6 Å². The minimum atomic E-state index is -0.0423. The lowest BCUT2D eigenvalue weighted by molar-refractivity contribution is 0.0912. The average Bonchev–Trinajstić information content (AvgIpc) is 2.54. The van der Waals surface area contributed by atoms with Gasteiger partial charge < -0.3 is 9.47 Å². The number of hydrogen-bond donors (Lipinski definition) is 0. The van der Waals surface area contributed by atoms with Crippen molar-refractivity contribution < 1.29 is 9.47 Å². The third-order valence-corrected chi connectivity index (χ3v) is 4.43. The second-order valence-corrected chi connectivity index (χ2v) is 7.13. The Kier molecular flexibility index (Phi) is 4.31. The zero-order chi connectivity index (χ0) is 16.4. The zero-order valence-corrected chi connectivity index (χ0v) is 14.4. The molecule has 122 valence electrons. The highest BCUT2D eigenvalue weighted by atomic mass is 16.6. The van der Waals surface area contributed by atoms with E-state index >= 15 is 0 Å². The fraction of sp³-hybridized carbons (Fsp3) is 0.400. The molecule has 0 spiro atoms. The third-order valence-electron chi connectivity index (χ3n) is 4.43. The number of rotatable bonds is 3. The molecule has 0 fully saturated rings. The molecule has 1 aliphatic rings. The molecule has 23 heavy (non-hydrogen) atoms. The Morgan fingerprint density at radius 1 is 1.00 bits per heavy atom. The summed E-state index contributed by atoms with van der Waals surface area (Å²) in [6, 6.07) is 16.5. The normalized spacial score (nSPS) is 17.3. The summed E-state index contributed by atoms with van der Waals surface area (Å²) in [5.74, 6) is 1.65. The standard InChI is InChI=1S/C20H25NO2/c1-20(2,3)21(4)13-15-9-11-16(12-10-15)19-14-22-17-7-5-6-8-18(17)23-19/h5-12,19H,13-14H2,1-4H3. The van der Waals surface area contributed by atoms with Crippen LogP contribution < -0.4 is 9.47 Å². The predicted octanol–water partition coefficient (Wildman–Crippen LogP) is 4.43. The van der Waals surface area contributed by atoms with Crippen molar-refractivity contribution in [3.8, 4) is 11.5 Å². The van der Waals surface area contributed by atoms with E-state index in [9.17, 15) is 0 Å². The van der Waals surface area contributed by atoms with Crippen molar-refractivity contribution in [2.24, 2.45) is 0 Å². The Bertz CT molecular complexity index is 658. The van der Waals surface area contributed by atoms with E-state index in [1.165, 1.54) is 5.56 Å². The van der Waals surface area contributed by atoms with Gasteiger partial charge in [-0.1, -0.05) is 36.4 Å². The van der Waals surface area contributed by atoms with Gasteiger partial charge in [0.05, 0.1) is 0 Å². The van der Waals surface area contributed by atoms with E-state index in [2.05, 4.69) is 57.0 Å². The Morgan fingerprint density at radius 3 is 2.30 bits per heavy atom. The second kappa shape index (κ2) is 6.25. The molecule has 0 amide bonds. The van der Waals surface area contributed by atoms with Gasteiger partial charge in [0, 0.05) is 12.1 Å². The number of hydrogen-bond acceptors (Lipinski definition) is 3. The second-order valence-electron chi connectivity index (χ2n) is 7.13. The maximum atomic E-state index is 6.06. The highest BCUT2D eigenvalue weighted by molar-refractivity contribution is 5.41. The first-order valence-corrected chi connectivity index (χ1v) is 8.12. The van der Waals surface area contributed by atoms with Crippen LogP contribution in [-0.2, 0) is 6.54 Å². The minimum absolute atomic E-state index is 0.0423. The Hall–Kier alpha value is -2.00. The molecule has 0 saturated heterocycles. The monoisotopic (exact) mass is 311 g/mol. The van der Waals surface area contributed by atoms with Crippen LogP contribution in [0.4, 0.5) is 0 Å². The molecule has 3 nitrogen and oxygen atoms in total. The maximum Gasteiger partial charge on any atom is 0.162 e. The summed E-state index contributed by atoms with van der Waals surface area (Å²) >= 11 is 0. The molecule has 3 heteroatoms. The van der Waals surface area contributed by atoms with Gasteiger partial charge in [0.1, 0.15) is 6.61 Å². The van der Waals surface area contributed by atoms with Crippen LogP contribution in [0.15, 0.2) is 48.5 Å². The van der Waals surface area contributed by atoms with E-state index in [1.807, 2.05) is 24.3 Å². The van der Waals surface area contributed by atoms with Crippen molar-refractivity contribution >= 4 is 0 Å². The van der Waals surface area contributed by atoms with Crippen LogP contribution in [0, 0.1) is 0 Å². The number of ether oxygens (including phenoxy) is 2. The highest BCUT2D eigenvalue weighted by Crippen LogP contribution is 2.35. The lowest BCUT2D eigenvalue weighted by Gasteiger charge is -2.32. The Labute approximate surface area is 138 Å². The topological polar surface area (TPSA) is 21.7 Å². The first-order valence-electron chi connectivity index (χ1n) is 8.12.